The number of imidazole rings is 1. The molecule has 1 aromatic heterocycles. The number of hydrogen-bond acceptors (Lipinski definition) is 3. The van der Waals surface area contributed by atoms with Crippen LogP contribution in [0.15, 0.2) is 41.8 Å². The molecule has 0 aliphatic carbocycles. The Kier molecular flexibility index (Phi) is 4.55. The highest BCUT2D eigenvalue weighted by Gasteiger charge is 2.14. The van der Waals surface area contributed by atoms with E-state index in [0.29, 0.717) is 0 Å². The maximum atomic E-state index is 6.26. The van der Waals surface area contributed by atoms with Gasteiger partial charge in [-0.25, -0.2) is 4.98 Å². The molecule has 0 aliphatic rings. The molecule has 0 saturated heterocycles. The van der Waals surface area contributed by atoms with Crippen LogP contribution in [0.2, 0.25) is 0 Å². The van der Waals surface area contributed by atoms with Crippen LogP contribution in [0.4, 0.5) is 0 Å². The number of rotatable bonds is 4. The Morgan fingerprint density at radius 3 is 2.40 bits per heavy atom. The number of nitrogens with zero attached hydrogens (tertiary/aromatic N) is 2. The van der Waals surface area contributed by atoms with Crippen molar-refractivity contribution in [3.8, 4) is 0 Å². The minimum absolute atomic E-state index is 0.0331. The van der Waals surface area contributed by atoms with Gasteiger partial charge in [-0.2, -0.15) is 0 Å². The first kappa shape index (κ1) is 15.1. The maximum Gasteiger partial charge on any atom is 0.167 e. The van der Waals surface area contributed by atoms with Crippen molar-refractivity contribution in [1.29, 1.82) is 0 Å². The van der Waals surface area contributed by atoms with Crippen molar-refractivity contribution in [2.75, 3.05) is 5.75 Å². The minimum Gasteiger partial charge on any atom is -0.329 e. The van der Waals surface area contributed by atoms with Crippen LogP contribution >= 0.6 is 11.8 Å². The molecule has 0 spiro atoms. The monoisotopic (exact) mass is 289 g/mol. The molecule has 4 heteroatoms. The van der Waals surface area contributed by atoms with Crippen LogP contribution in [0, 0.1) is 0 Å². The predicted octanol–water partition coefficient (Wildman–Crippen LogP) is 3.51. The van der Waals surface area contributed by atoms with Gasteiger partial charge in [-0.15, -0.1) is 0 Å². The molecule has 2 aromatic rings. The fourth-order valence-electron chi connectivity index (χ4n) is 1.98. The van der Waals surface area contributed by atoms with Gasteiger partial charge >= 0.3 is 0 Å². The van der Waals surface area contributed by atoms with Crippen molar-refractivity contribution >= 4 is 11.8 Å². The topological polar surface area (TPSA) is 43.8 Å². The van der Waals surface area contributed by atoms with Crippen molar-refractivity contribution in [2.24, 2.45) is 12.8 Å². The molecule has 1 heterocycles. The summed E-state index contributed by atoms with van der Waals surface area (Å²) in [6, 6.07) is 8.68. The lowest BCUT2D eigenvalue weighted by Gasteiger charge is -2.20. The molecule has 20 heavy (non-hydrogen) atoms. The Bertz CT molecular complexity index is 552. The van der Waals surface area contributed by atoms with Gasteiger partial charge < -0.3 is 10.3 Å². The fourth-order valence-corrected chi connectivity index (χ4v) is 2.90. The highest BCUT2D eigenvalue weighted by Crippen LogP contribution is 2.25. The molecule has 2 N–H and O–H groups in total. The number of nitrogens with two attached hydrogens (primary N) is 1. The summed E-state index contributed by atoms with van der Waals surface area (Å²) in [6.07, 6.45) is 3.76. The fraction of sp³-hybridized carbons (Fsp3) is 0.438. The zero-order valence-corrected chi connectivity index (χ0v) is 13.4. The van der Waals surface area contributed by atoms with Crippen LogP contribution in [-0.2, 0) is 12.5 Å². The Morgan fingerprint density at radius 1 is 1.25 bits per heavy atom. The van der Waals surface area contributed by atoms with E-state index in [1.807, 2.05) is 24.0 Å². The average Bonchev–Trinajstić information content (AvgIpc) is 2.81. The van der Waals surface area contributed by atoms with Crippen molar-refractivity contribution in [2.45, 2.75) is 37.4 Å². The zero-order valence-electron chi connectivity index (χ0n) is 12.6. The average molecular weight is 289 g/mol. The first-order chi connectivity index (χ1) is 9.38. The predicted molar refractivity (Wildman–Crippen MR) is 86.0 cm³/mol. The summed E-state index contributed by atoms with van der Waals surface area (Å²) >= 11 is 1.69. The van der Waals surface area contributed by atoms with E-state index in [1.165, 1.54) is 11.1 Å². The highest BCUT2D eigenvalue weighted by atomic mass is 32.2. The largest absolute Gasteiger partial charge is 0.329 e. The van der Waals surface area contributed by atoms with E-state index in [9.17, 15) is 0 Å². The smallest absolute Gasteiger partial charge is 0.167 e. The van der Waals surface area contributed by atoms with Crippen molar-refractivity contribution < 1.29 is 0 Å². The van der Waals surface area contributed by atoms with Gasteiger partial charge in [-0.05, 0) is 16.5 Å². The molecule has 0 fully saturated rings. The second kappa shape index (κ2) is 6.02. The Hall–Kier alpha value is -1.26. The van der Waals surface area contributed by atoms with Gasteiger partial charge in [0.1, 0.15) is 0 Å². The number of thioether (sulfide) groups is 1. The van der Waals surface area contributed by atoms with E-state index in [0.717, 1.165) is 10.9 Å². The summed E-state index contributed by atoms with van der Waals surface area (Å²) in [5.41, 5.74) is 8.97. The Morgan fingerprint density at radius 2 is 1.90 bits per heavy atom. The Labute approximate surface area is 125 Å². The highest BCUT2D eigenvalue weighted by molar-refractivity contribution is 7.99. The summed E-state index contributed by atoms with van der Waals surface area (Å²) < 4.78 is 2.01. The van der Waals surface area contributed by atoms with Gasteiger partial charge in [0.25, 0.3) is 0 Å². The van der Waals surface area contributed by atoms with Gasteiger partial charge in [-0.3, -0.25) is 0 Å². The lowest BCUT2D eigenvalue weighted by molar-refractivity contribution is 0.589. The molecular formula is C16H23N3S. The number of benzene rings is 1. The summed E-state index contributed by atoms with van der Waals surface area (Å²) in [5, 5.41) is 1.01. The van der Waals surface area contributed by atoms with Crippen LogP contribution in [0.1, 0.15) is 37.9 Å². The summed E-state index contributed by atoms with van der Waals surface area (Å²) in [7, 11) is 2.00. The van der Waals surface area contributed by atoms with Crippen molar-refractivity contribution in [3.63, 3.8) is 0 Å². The van der Waals surface area contributed by atoms with E-state index >= 15 is 0 Å². The second-order valence-electron chi connectivity index (χ2n) is 6.11. The molecule has 0 saturated carbocycles. The molecular weight excluding hydrogens is 266 g/mol. The van der Waals surface area contributed by atoms with E-state index in [2.05, 4.69) is 50.0 Å². The maximum absolute atomic E-state index is 6.26. The number of hydrogen-bond donors (Lipinski definition) is 1. The van der Waals surface area contributed by atoms with Crippen LogP contribution in [0.5, 0.6) is 0 Å². The summed E-state index contributed by atoms with van der Waals surface area (Å²) in [6.45, 7) is 6.66. The van der Waals surface area contributed by atoms with Gasteiger partial charge in [0.2, 0.25) is 0 Å². The molecule has 2 rings (SSSR count). The lowest BCUT2D eigenvalue weighted by Crippen LogP contribution is -2.15. The Balaban J connectivity index is 1.99. The first-order valence-electron chi connectivity index (χ1n) is 6.84. The molecule has 0 aliphatic heterocycles. The van der Waals surface area contributed by atoms with Crippen molar-refractivity contribution in [3.05, 3.63) is 47.8 Å². The van der Waals surface area contributed by atoms with Crippen LogP contribution < -0.4 is 5.73 Å². The minimum atomic E-state index is 0.0331. The van der Waals surface area contributed by atoms with E-state index in [1.54, 1.807) is 11.8 Å². The molecule has 1 aromatic carbocycles. The van der Waals surface area contributed by atoms with Gasteiger partial charge in [0, 0.05) is 31.2 Å². The van der Waals surface area contributed by atoms with E-state index in [4.69, 9.17) is 5.73 Å². The molecule has 0 amide bonds. The third-order valence-corrected chi connectivity index (χ3v) is 4.55. The molecule has 1 atom stereocenters. The summed E-state index contributed by atoms with van der Waals surface area (Å²) in [4.78, 5) is 4.30. The van der Waals surface area contributed by atoms with Gasteiger partial charge in [0.15, 0.2) is 5.16 Å². The van der Waals surface area contributed by atoms with Crippen LogP contribution in [0.25, 0.3) is 0 Å². The van der Waals surface area contributed by atoms with Crippen LogP contribution in [0.3, 0.4) is 0 Å². The third-order valence-electron chi connectivity index (χ3n) is 3.37. The SMILES string of the molecule is Cn1ccnc1SCC(N)c1ccc(C(C)(C)C)cc1. The lowest BCUT2D eigenvalue weighted by atomic mass is 9.86. The quantitative estimate of drug-likeness (QED) is 0.876. The van der Waals surface area contributed by atoms with Crippen molar-refractivity contribution in [1.82, 2.24) is 9.55 Å². The molecule has 3 nitrogen and oxygen atoms in total. The molecule has 0 radical (unpaired) electrons. The third kappa shape index (κ3) is 3.64. The molecule has 0 bridgehead atoms. The molecule has 108 valence electrons. The van der Waals surface area contributed by atoms with Gasteiger partial charge in [-0.1, -0.05) is 56.8 Å². The first-order valence-corrected chi connectivity index (χ1v) is 7.82. The second-order valence-corrected chi connectivity index (χ2v) is 7.10. The number of aryl methyl sites for hydroxylation is 1. The van der Waals surface area contributed by atoms with Gasteiger partial charge in [0.05, 0.1) is 0 Å². The summed E-state index contributed by atoms with van der Waals surface area (Å²) in [5.74, 6) is 0.833. The van der Waals surface area contributed by atoms with E-state index in [-0.39, 0.29) is 11.5 Å². The zero-order chi connectivity index (χ0) is 14.8. The van der Waals surface area contributed by atoms with E-state index < -0.39 is 0 Å². The number of aromatic nitrogens is 2. The van der Waals surface area contributed by atoms with Crippen LogP contribution in [-0.4, -0.2) is 15.3 Å². The normalized spacial score (nSPS) is 13.4. The standard InChI is InChI=1S/C16H23N3S/c1-16(2,3)13-7-5-12(6-8-13)14(17)11-20-15-18-9-10-19(15)4/h5-10,14H,11,17H2,1-4H3. The molecule has 1 unspecified atom stereocenters.